The van der Waals surface area contributed by atoms with Crippen molar-refractivity contribution < 1.29 is 14.3 Å². The van der Waals surface area contributed by atoms with Gasteiger partial charge in [-0.05, 0) is 25.5 Å². The summed E-state index contributed by atoms with van der Waals surface area (Å²) in [6.07, 6.45) is 1.60. The van der Waals surface area contributed by atoms with Crippen molar-refractivity contribution in [3.63, 3.8) is 0 Å². The van der Waals surface area contributed by atoms with E-state index in [9.17, 15) is 9.59 Å². The molecule has 3 nitrogen and oxygen atoms in total. The van der Waals surface area contributed by atoms with E-state index in [1.54, 1.807) is 31.2 Å². The minimum absolute atomic E-state index is 0.220. The molecule has 3 heteroatoms. The van der Waals surface area contributed by atoms with E-state index in [1.165, 1.54) is 0 Å². The van der Waals surface area contributed by atoms with Gasteiger partial charge in [0.25, 0.3) is 0 Å². The SMILES string of the molecule is CC(CCC=O)OC(=O)c1ccccc1. The van der Waals surface area contributed by atoms with Crippen molar-refractivity contribution in [3.8, 4) is 0 Å². The summed E-state index contributed by atoms with van der Waals surface area (Å²) < 4.78 is 5.14. The predicted molar refractivity (Wildman–Crippen MR) is 56.6 cm³/mol. The fourth-order valence-electron chi connectivity index (χ4n) is 1.19. The summed E-state index contributed by atoms with van der Waals surface area (Å²) in [5.74, 6) is -0.339. The van der Waals surface area contributed by atoms with Crippen molar-refractivity contribution in [2.75, 3.05) is 0 Å². The fraction of sp³-hybridized carbons (Fsp3) is 0.333. The Balaban J connectivity index is 2.45. The summed E-state index contributed by atoms with van der Waals surface area (Å²) in [6, 6.07) is 8.81. The molecule has 0 fully saturated rings. The molecule has 0 saturated carbocycles. The van der Waals surface area contributed by atoms with Crippen LogP contribution in [-0.2, 0) is 9.53 Å². The largest absolute Gasteiger partial charge is 0.459 e. The second-order valence-electron chi connectivity index (χ2n) is 3.33. The molecule has 0 heterocycles. The third kappa shape index (κ3) is 3.94. The molecular weight excluding hydrogens is 192 g/mol. The first-order valence-corrected chi connectivity index (χ1v) is 4.93. The molecule has 0 spiro atoms. The molecule has 15 heavy (non-hydrogen) atoms. The molecule has 80 valence electrons. The van der Waals surface area contributed by atoms with Crippen LogP contribution in [0.5, 0.6) is 0 Å². The number of hydrogen-bond acceptors (Lipinski definition) is 3. The lowest BCUT2D eigenvalue weighted by Crippen LogP contribution is -2.15. The van der Waals surface area contributed by atoms with Crippen LogP contribution in [0.2, 0.25) is 0 Å². The van der Waals surface area contributed by atoms with Crippen molar-refractivity contribution in [1.29, 1.82) is 0 Å². The smallest absolute Gasteiger partial charge is 0.338 e. The highest BCUT2D eigenvalue weighted by Crippen LogP contribution is 2.06. The molecule has 1 aromatic carbocycles. The maximum Gasteiger partial charge on any atom is 0.338 e. The van der Waals surface area contributed by atoms with Crippen molar-refractivity contribution >= 4 is 12.3 Å². The lowest BCUT2D eigenvalue weighted by atomic mass is 10.2. The standard InChI is InChI=1S/C12H14O3/c1-10(6-5-9-13)15-12(14)11-7-3-2-4-8-11/h2-4,7-10H,5-6H2,1H3. The number of aldehydes is 1. The van der Waals surface area contributed by atoms with Gasteiger partial charge >= 0.3 is 5.97 Å². The van der Waals surface area contributed by atoms with E-state index in [-0.39, 0.29) is 12.1 Å². The number of rotatable bonds is 5. The van der Waals surface area contributed by atoms with E-state index in [2.05, 4.69) is 0 Å². The van der Waals surface area contributed by atoms with E-state index >= 15 is 0 Å². The third-order valence-corrected chi connectivity index (χ3v) is 2.01. The zero-order chi connectivity index (χ0) is 11.1. The van der Waals surface area contributed by atoms with Crippen LogP contribution in [0.25, 0.3) is 0 Å². The van der Waals surface area contributed by atoms with Gasteiger partial charge in [-0.3, -0.25) is 0 Å². The second-order valence-corrected chi connectivity index (χ2v) is 3.33. The number of esters is 1. The van der Waals surface area contributed by atoms with Crippen LogP contribution in [0.1, 0.15) is 30.1 Å². The molecule has 0 aliphatic heterocycles. The highest BCUT2D eigenvalue weighted by atomic mass is 16.5. The van der Waals surface area contributed by atoms with Gasteiger partial charge in [-0.1, -0.05) is 18.2 Å². The fourth-order valence-corrected chi connectivity index (χ4v) is 1.19. The molecule has 0 aliphatic rings. The summed E-state index contributed by atoms with van der Waals surface area (Å²) in [7, 11) is 0. The number of hydrogen-bond donors (Lipinski definition) is 0. The molecule has 1 rings (SSSR count). The summed E-state index contributed by atoms with van der Waals surface area (Å²) in [5.41, 5.74) is 0.537. The van der Waals surface area contributed by atoms with Gasteiger partial charge in [-0.2, -0.15) is 0 Å². The first-order valence-electron chi connectivity index (χ1n) is 4.93. The van der Waals surface area contributed by atoms with Gasteiger partial charge in [-0.15, -0.1) is 0 Å². The highest BCUT2D eigenvalue weighted by molar-refractivity contribution is 5.89. The zero-order valence-electron chi connectivity index (χ0n) is 8.68. The molecule has 0 saturated heterocycles. The van der Waals surface area contributed by atoms with Gasteiger partial charge in [0.2, 0.25) is 0 Å². The Morgan fingerprint density at radius 3 is 2.67 bits per heavy atom. The zero-order valence-corrected chi connectivity index (χ0v) is 8.68. The van der Waals surface area contributed by atoms with Crippen LogP contribution in [0.4, 0.5) is 0 Å². The maximum atomic E-state index is 11.5. The van der Waals surface area contributed by atoms with E-state index in [4.69, 9.17) is 4.74 Å². The quantitative estimate of drug-likeness (QED) is 0.548. The van der Waals surface area contributed by atoms with E-state index in [1.807, 2.05) is 6.07 Å². The van der Waals surface area contributed by atoms with Gasteiger partial charge in [0, 0.05) is 6.42 Å². The van der Waals surface area contributed by atoms with Gasteiger partial charge in [-0.25, -0.2) is 4.79 Å². The number of carbonyl (C=O) groups excluding carboxylic acids is 2. The minimum Gasteiger partial charge on any atom is -0.459 e. The predicted octanol–water partition coefficient (Wildman–Crippen LogP) is 2.21. The monoisotopic (exact) mass is 206 g/mol. The van der Waals surface area contributed by atoms with Gasteiger partial charge < -0.3 is 9.53 Å². The first-order chi connectivity index (χ1) is 7.24. The van der Waals surface area contributed by atoms with Gasteiger partial charge in [0.05, 0.1) is 11.7 Å². The minimum atomic E-state index is -0.339. The van der Waals surface area contributed by atoms with E-state index in [0.29, 0.717) is 18.4 Å². The Hall–Kier alpha value is -1.64. The van der Waals surface area contributed by atoms with Crippen LogP contribution in [0, 0.1) is 0 Å². The third-order valence-electron chi connectivity index (χ3n) is 2.01. The summed E-state index contributed by atoms with van der Waals surface area (Å²) in [6.45, 7) is 1.78. The summed E-state index contributed by atoms with van der Waals surface area (Å²) in [5, 5.41) is 0. The van der Waals surface area contributed by atoms with Crippen molar-refractivity contribution in [3.05, 3.63) is 35.9 Å². The van der Waals surface area contributed by atoms with E-state index in [0.717, 1.165) is 6.29 Å². The van der Waals surface area contributed by atoms with Crippen LogP contribution < -0.4 is 0 Å². The Labute approximate surface area is 89.1 Å². The topological polar surface area (TPSA) is 43.4 Å². The van der Waals surface area contributed by atoms with Crippen LogP contribution in [0.15, 0.2) is 30.3 Å². The molecule has 0 radical (unpaired) electrons. The van der Waals surface area contributed by atoms with Crippen molar-refractivity contribution in [2.45, 2.75) is 25.9 Å². The summed E-state index contributed by atoms with van der Waals surface area (Å²) in [4.78, 5) is 21.6. The van der Waals surface area contributed by atoms with Crippen molar-refractivity contribution in [2.24, 2.45) is 0 Å². The Kier molecular flexibility index (Phi) is 4.54. The molecule has 0 amide bonds. The van der Waals surface area contributed by atoms with Crippen LogP contribution in [0.3, 0.4) is 0 Å². The molecule has 0 N–H and O–H groups in total. The van der Waals surface area contributed by atoms with Gasteiger partial charge in [0.1, 0.15) is 6.29 Å². The van der Waals surface area contributed by atoms with E-state index < -0.39 is 0 Å². The lowest BCUT2D eigenvalue weighted by Gasteiger charge is -2.11. The average molecular weight is 206 g/mol. The van der Waals surface area contributed by atoms with Crippen LogP contribution >= 0.6 is 0 Å². The lowest BCUT2D eigenvalue weighted by molar-refractivity contribution is -0.108. The molecule has 1 unspecified atom stereocenters. The molecule has 0 bridgehead atoms. The summed E-state index contributed by atoms with van der Waals surface area (Å²) >= 11 is 0. The van der Waals surface area contributed by atoms with Crippen molar-refractivity contribution in [1.82, 2.24) is 0 Å². The second kappa shape index (κ2) is 5.96. The number of carbonyl (C=O) groups is 2. The first kappa shape index (κ1) is 11.4. The molecule has 0 aliphatic carbocycles. The molecule has 1 atom stereocenters. The van der Waals surface area contributed by atoms with Gasteiger partial charge in [0.15, 0.2) is 0 Å². The molecule has 1 aromatic rings. The number of ether oxygens (including phenoxy) is 1. The highest BCUT2D eigenvalue weighted by Gasteiger charge is 2.10. The Morgan fingerprint density at radius 2 is 2.07 bits per heavy atom. The average Bonchev–Trinajstić information content (AvgIpc) is 2.27. The Morgan fingerprint density at radius 1 is 1.40 bits per heavy atom. The normalized spacial score (nSPS) is 11.8. The Bertz CT molecular complexity index is 319. The maximum absolute atomic E-state index is 11.5. The number of benzene rings is 1. The van der Waals surface area contributed by atoms with Crippen LogP contribution in [-0.4, -0.2) is 18.4 Å². The molecule has 0 aromatic heterocycles. The molecular formula is C12H14O3.